The van der Waals surface area contributed by atoms with Gasteiger partial charge in [-0.1, -0.05) is 51.8 Å². The highest BCUT2D eigenvalue weighted by Crippen LogP contribution is 2.32. The molecule has 0 bridgehead atoms. The van der Waals surface area contributed by atoms with Crippen molar-refractivity contribution >= 4 is 53.8 Å². The summed E-state index contributed by atoms with van der Waals surface area (Å²) in [6.07, 6.45) is 4.31. The van der Waals surface area contributed by atoms with Gasteiger partial charge in [0.25, 0.3) is 0 Å². The maximum atomic E-state index is 3.64. The largest absolute Gasteiger partial charge is 0.226 e. The van der Waals surface area contributed by atoms with Crippen LogP contribution in [0.4, 0.5) is 0 Å². The highest BCUT2D eigenvalue weighted by atomic mass is 79.9. The number of hydrogen-bond acceptors (Lipinski definition) is 0. The number of benzene rings is 3. The summed E-state index contributed by atoms with van der Waals surface area (Å²) < 4.78 is 3.35. The Labute approximate surface area is 148 Å². The smallest absolute Gasteiger partial charge is 0.166 e. The van der Waals surface area contributed by atoms with Crippen LogP contribution in [0.15, 0.2) is 77.5 Å². The predicted molar refractivity (Wildman–Crippen MR) is 105 cm³/mol. The molecular weight excluding hydrogens is 358 g/mol. The summed E-state index contributed by atoms with van der Waals surface area (Å²) in [5, 5.41) is 7.72. The maximum absolute atomic E-state index is 3.64. The van der Waals surface area contributed by atoms with Crippen LogP contribution in [0, 0.1) is 6.92 Å². The molecule has 0 N–H and O–H groups in total. The van der Waals surface area contributed by atoms with E-state index < -0.39 is 0 Å². The molecule has 0 spiro atoms. The molecule has 2 heterocycles. The number of halogens is 1. The van der Waals surface area contributed by atoms with Crippen LogP contribution in [-0.2, 0) is 0 Å². The zero-order valence-electron chi connectivity index (χ0n) is 13.3. The monoisotopic (exact) mass is 372 g/mol. The molecule has 0 fully saturated rings. The number of hydrogen-bond donors (Lipinski definition) is 0. The van der Waals surface area contributed by atoms with Crippen molar-refractivity contribution in [2.75, 3.05) is 0 Å². The summed E-state index contributed by atoms with van der Waals surface area (Å²) in [7, 11) is 0. The molecule has 0 amide bonds. The lowest BCUT2D eigenvalue weighted by atomic mass is 9.98. The molecule has 0 saturated carbocycles. The molecule has 2 aromatic heterocycles. The number of nitrogens with zero attached hydrogens (tertiary/aromatic N) is 1. The van der Waals surface area contributed by atoms with Gasteiger partial charge < -0.3 is 0 Å². The Morgan fingerprint density at radius 3 is 2.25 bits per heavy atom. The minimum Gasteiger partial charge on any atom is -0.166 e. The average molecular weight is 373 g/mol. The predicted octanol–water partition coefficient (Wildman–Crippen LogP) is 5.96. The first-order chi connectivity index (χ1) is 11.7. The van der Waals surface area contributed by atoms with Gasteiger partial charge in [0.15, 0.2) is 12.4 Å². The lowest BCUT2D eigenvalue weighted by Gasteiger charge is -2.07. The van der Waals surface area contributed by atoms with Gasteiger partial charge in [-0.15, -0.1) is 0 Å². The van der Waals surface area contributed by atoms with E-state index in [0.29, 0.717) is 0 Å². The second kappa shape index (κ2) is 5.02. The van der Waals surface area contributed by atoms with Crippen molar-refractivity contribution in [1.82, 2.24) is 0 Å². The van der Waals surface area contributed by atoms with Crippen LogP contribution >= 0.6 is 15.9 Å². The second-order valence-corrected chi connectivity index (χ2v) is 7.29. The summed E-state index contributed by atoms with van der Waals surface area (Å²) in [5.74, 6) is 0. The molecule has 24 heavy (non-hydrogen) atoms. The minimum atomic E-state index is 1.11. The fraction of sp³-hybridized carbons (Fsp3) is 0.0455. The van der Waals surface area contributed by atoms with Crippen molar-refractivity contribution in [1.29, 1.82) is 0 Å². The van der Waals surface area contributed by atoms with Gasteiger partial charge in [0.2, 0.25) is 5.52 Å². The molecule has 5 aromatic rings. The number of fused-ring (bicyclic) bond motifs is 7. The number of rotatable bonds is 0. The van der Waals surface area contributed by atoms with Crippen molar-refractivity contribution in [2.45, 2.75) is 6.92 Å². The third kappa shape index (κ3) is 1.96. The molecule has 0 aliphatic carbocycles. The van der Waals surface area contributed by atoms with Gasteiger partial charge in [-0.05, 0) is 46.7 Å². The number of aryl methyl sites for hydroxylation is 1. The molecule has 0 saturated heterocycles. The van der Waals surface area contributed by atoms with Crippen molar-refractivity contribution in [3.8, 4) is 0 Å². The van der Waals surface area contributed by atoms with E-state index in [9.17, 15) is 0 Å². The van der Waals surface area contributed by atoms with Crippen molar-refractivity contribution < 1.29 is 4.40 Å². The van der Waals surface area contributed by atoms with Gasteiger partial charge in [0, 0.05) is 16.6 Å². The third-order valence-electron chi connectivity index (χ3n) is 4.80. The molecule has 0 aliphatic rings. The Morgan fingerprint density at radius 1 is 0.708 bits per heavy atom. The van der Waals surface area contributed by atoms with Gasteiger partial charge in [-0.3, -0.25) is 0 Å². The molecular formula is C22H15BrN+. The molecule has 0 aliphatic heterocycles. The van der Waals surface area contributed by atoms with Crippen LogP contribution in [0.1, 0.15) is 5.56 Å². The third-order valence-corrected chi connectivity index (χ3v) is 5.30. The summed E-state index contributed by atoms with van der Waals surface area (Å²) in [6.45, 7) is 2.16. The molecule has 3 aromatic carbocycles. The highest BCUT2D eigenvalue weighted by Gasteiger charge is 2.15. The van der Waals surface area contributed by atoms with Crippen molar-refractivity contribution in [3.05, 3.63) is 83.1 Å². The normalized spacial score (nSPS) is 11.8. The lowest BCUT2D eigenvalue weighted by Crippen LogP contribution is -2.20. The van der Waals surface area contributed by atoms with E-state index in [1.54, 1.807) is 0 Å². The van der Waals surface area contributed by atoms with Gasteiger partial charge in [-0.25, -0.2) is 0 Å². The quantitative estimate of drug-likeness (QED) is 0.233. The molecule has 0 unspecified atom stereocenters. The minimum absolute atomic E-state index is 1.11. The van der Waals surface area contributed by atoms with Gasteiger partial charge in [-0.2, -0.15) is 4.40 Å². The van der Waals surface area contributed by atoms with Crippen LogP contribution in [0.25, 0.3) is 37.8 Å². The zero-order chi connectivity index (χ0) is 16.3. The van der Waals surface area contributed by atoms with E-state index in [4.69, 9.17) is 0 Å². The van der Waals surface area contributed by atoms with Crippen LogP contribution in [0.3, 0.4) is 0 Å². The van der Waals surface area contributed by atoms with Crippen LogP contribution in [-0.4, -0.2) is 0 Å². The van der Waals surface area contributed by atoms with E-state index in [0.717, 1.165) is 4.47 Å². The maximum Gasteiger partial charge on any atom is 0.226 e. The van der Waals surface area contributed by atoms with E-state index in [1.165, 1.54) is 43.4 Å². The summed E-state index contributed by atoms with van der Waals surface area (Å²) in [4.78, 5) is 0. The van der Waals surface area contributed by atoms with Gasteiger partial charge in [0.1, 0.15) is 0 Å². The van der Waals surface area contributed by atoms with Crippen LogP contribution in [0.5, 0.6) is 0 Å². The summed E-state index contributed by atoms with van der Waals surface area (Å²) in [5.41, 5.74) is 2.56. The van der Waals surface area contributed by atoms with E-state index in [2.05, 4.69) is 100 Å². The summed E-state index contributed by atoms with van der Waals surface area (Å²) >= 11 is 3.64. The van der Waals surface area contributed by atoms with Crippen LogP contribution < -0.4 is 4.40 Å². The average Bonchev–Trinajstić information content (AvgIpc) is 2.60. The molecule has 5 rings (SSSR count). The van der Waals surface area contributed by atoms with Gasteiger partial charge >= 0.3 is 0 Å². The topological polar surface area (TPSA) is 4.10 Å². The number of pyridine rings is 2. The van der Waals surface area contributed by atoms with Crippen molar-refractivity contribution in [3.63, 3.8) is 0 Å². The standard InChI is InChI=1S/C22H15BrN/c1-14-2-3-16-8-10-24-11-9-17-5-4-15-6-7-18(23)13-19(15)21(17)22(24)20(16)12-14/h2-13H,1H3/q+1. The second-order valence-electron chi connectivity index (χ2n) is 6.37. The fourth-order valence-electron chi connectivity index (χ4n) is 3.66. The molecule has 0 radical (unpaired) electrons. The Bertz CT molecular complexity index is 1160. The molecule has 0 atom stereocenters. The first-order valence-corrected chi connectivity index (χ1v) is 8.85. The number of aromatic nitrogens is 1. The Morgan fingerprint density at radius 2 is 1.38 bits per heavy atom. The van der Waals surface area contributed by atoms with Gasteiger partial charge in [0.05, 0.1) is 10.8 Å². The molecule has 2 heteroatoms. The Balaban J connectivity index is 2.16. The van der Waals surface area contributed by atoms with Crippen molar-refractivity contribution in [2.24, 2.45) is 0 Å². The Kier molecular flexibility index (Phi) is 2.92. The highest BCUT2D eigenvalue weighted by molar-refractivity contribution is 9.10. The Hall–Kier alpha value is -2.45. The zero-order valence-corrected chi connectivity index (χ0v) is 14.8. The molecule has 114 valence electrons. The van der Waals surface area contributed by atoms with E-state index >= 15 is 0 Å². The SMILES string of the molecule is Cc1ccc2cc[n+]3ccc4ccc5ccc(Br)cc5c4c3c2c1. The van der Waals surface area contributed by atoms with E-state index in [1.807, 2.05) is 0 Å². The van der Waals surface area contributed by atoms with E-state index in [-0.39, 0.29) is 0 Å². The first-order valence-electron chi connectivity index (χ1n) is 8.06. The first kappa shape index (κ1) is 13.9. The fourth-order valence-corrected chi connectivity index (χ4v) is 4.02. The van der Waals surface area contributed by atoms with Crippen LogP contribution in [0.2, 0.25) is 0 Å². The molecule has 1 nitrogen and oxygen atoms in total. The summed E-state index contributed by atoms with van der Waals surface area (Å²) in [6, 6.07) is 22.0. The lowest BCUT2D eigenvalue weighted by molar-refractivity contribution is -0.509.